The zero-order valence-electron chi connectivity index (χ0n) is 8.90. The Bertz CT molecular complexity index is 408. The Kier molecular flexibility index (Phi) is 3.33. The number of nitrogens with zero attached hydrogens (tertiary/aromatic N) is 1. The second-order valence-electron chi connectivity index (χ2n) is 3.31. The van der Waals surface area contributed by atoms with Gasteiger partial charge in [-0.1, -0.05) is 0 Å². The number of ether oxygens (including phenoxy) is 2. The lowest BCUT2D eigenvalue weighted by atomic mass is 10.3. The topological polar surface area (TPSA) is 38.8 Å². The minimum Gasteiger partial charge on any atom is -0.493 e. The van der Waals surface area contributed by atoms with Crippen LogP contribution in [0.25, 0.3) is 0 Å². The summed E-state index contributed by atoms with van der Waals surface area (Å²) in [4.78, 5) is 13.0. The lowest BCUT2D eigenvalue weighted by Gasteiger charge is -2.14. The second kappa shape index (κ2) is 4.74. The van der Waals surface area contributed by atoms with Crippen molar-refractivity contribution in [3.63, 3.8) is 0 Å². The zero-order valence-corrected chi connectivity index (χ0v) is 10.5. The average Bonchev–Trinajstić information content (AvgIpc) is 2.68. The quantitative estimate of drug-likeness (QED) is 0.857. The molecule has 2 rings (SSSR count). The van der Waals surface area contributed by atoms with Gasteiger partial charge in [-0.05, 0) is 35.0 Å². The highest BCUT2D eigenvalue weighted by Gasteiger charge is 2.24. The molecule has 1 saturated heterocycles. The number of amides is 1. The third-order valence-electron chi connectivity index (χ3n) is 2.29. The van der Waals surface area contributed by atoms with Crippen LogP contribution in [0.2, 0.25) is 0 Å². The summed E-state index contributed by atoms with van der Waals surface area (Å²) >= 11 is 3.40. The minimum atomic E-state index is -0.301. The molecule has 0 atom stereocenters. The monoisotopic (exact) mass is 285 g/mol. The highest BCUT2D eigenvalue weighted by molar-refractivity contribution is 9.10. The lowest BCUT2D eigenvalue weighted by molar-refractivity contribution is 0.181. The standard InChI is InChI=1S/C11H12BrNO3/c1-2-15-10-7-8(3-4-9(10)12)13-5-6-16-11(13)14/h3-4,7H,2,5-6H2,1H3. The average molecular weight is 286 g/mol. The molecule has 16 heavy (non-hydrogen) atoms. The molecule has 1 heterocycles. The van der Waals surface area contributed by atoms with Gasteiger partial charge in [0.15, 0.2) is 0 Å². The molecule has 0 aromatic heterocycles. The first-order chi connectivity index (χ1) is 7.72. The fourth-order valence-corrected chi connectivity index (χ4v) is 1.92. The van der Waals surface area contributed by atoms with Crippen LogP contribution in [0.3, 0.4) is 0 Å². The van der Waals surface area contributed by atoms with Crippen molar-refractivity contribution in [3.8, 4) is 5.75 Å². The first-order valence-corrected chi connectivity index (χ1v) is 5.88. The van der Waals surface area contributed by atoms with Gasteiger partial charge in [-0.15, -0.1) is 0 Å². The highest BCUT2D eigenvalue weighted by atomic mass is 79.9. The van der Waals surface area contributed by atoms with Gasteiger partial charge < -0.3 is 9.47 Å². The number of cyclic esters (lactones) is 1. The summed E-state index contributed by atoms with van der Waals surface area (Å²) in [5.74, 6) is 0.736. The van der Waals surface area contributed by atoms with E-state index >= 15 is 0 Å². The predicted octanol–water partition coefficient (Wildman–Crippen LogP) is 2.80. The zero-order chi connectivity index (χ0) is 11.5. The summed E-state index contributed by atoms with van der Waals surface area (Å²) in [5.41, 5.74) is 0.800. The minimum absolute atomic E-state index is 0.301. The third kappa shape index (κ3) is 2.14. The number of hydrogen-bond donors (Lipinski definition) is 0. The molecule has 1 aliphatic rings. The Morgan fingerprint density at radius 2 is 2.38 bits per heavy atom. The molecule has 0 radical (unpaired) electrons. The van der Waals surface area contributed by atoms with Gasteiger partial charge in [-0.2, -0.15) is 0 Å². The molecule has 0 spiro atoms. The first kappa shape index (κ1) is 11.3. The number of hydrogen-bond acceptors (Lipinski definition) is 3. The Hall–Kier alpha value is -1.23. The maximum absolute atomic E-state index is 11.4. The second-order valence-corrected chi connectivity index (χ2v) is 4.17. The molecule has 1 aliphatic heterocycles. The summed E-state index contributed by atoms with van der Waals surface area (Å²) in [7, 11) is 0. The Labute approximate surface area is 102 Å². The molecule has 4 nitrogen and oxygen atoms in total. The largest absolute Gasteiger partial charge is 0.493 e. The van der Waals surface area contributed by atoms with E-state index < -0.39 is 0 Å². The maximum Gasteiger partial charge on any atom is 0.414 e. The fourth-order valence-electron chi connectivity index (χ4n) is 1.55. The molecule has 1 aromatic carbocycles. The van der Waals surface area contributed by atoms with Crippen LogP contribution in [0.4, 0.5) is 10.5 Å². The van der Waals surface area contributed by atoms with Crippen LogP contribution in [0.15, 0.2) is 22.7 Å². The summed E-state index contributed by atoms with van der Waals surface area (Å²) in [5, 5.41) is 0. The molecule has 0 unspecified atom stereocenters. The van der Waals surface area contributed by atoms with E-state index in [1.165, 1.54) is 0 Å². The van der Waals surface area contributed by atoms with Gasteiger partial charge in [0.2, 0.25) is 0 Å². The molecular formula is C11H12BrNO3. The SMILES string of the molecule is CCOc1cc(N2CCOC2=O)ccc1Br. The molecule has 0 bridgehead atoms. The number of rotatable bonds is 3. The highest BCUT2D eigenvalue weighted by Crippen LogP contribution is 2.31. The summed E-state index contributed by atoms with van der Waals surface area (Å²) in [6.45, 7) is 3.54. The number of carbonyl (C=O) groups excluding carboxylic acids is 1. The van der Waals surface area contributed by atoms with E-state index in [9.17, 15) is 4.79 Å². The van der Waals surface area contributed by atoms with Crippen molar-refractivity contribution < 1.29 is 14.3 Å². The van der Waals surface area contributed by atoms with Crippen molar-refractivity contribution in [1.29, 1.82) is 0 Å². The molecule has 0 aliphatic carbocycles. The van der Waals surface area contributed by atoms with Crippen LogP contribution in [-0.2, 0) is 4.74 Å². The van der Waals surface area contributed by atoms with Gasteiger partial charge in [0.25, 0.3) is 0 Å². The molecule has 5 heteroatoms. The Morgan fingerprint density at radius 1 is 1.56 bits per heavy atom. The van der Waals surface area contributed by atoms with Gasteiger partial charge in [-0.25, -0.2) is 4.79 Å². The fraction of sp³-hybridized carbons (Fsp3) is 0.364. The number of anilines is 1. The van der Waals surface area contributed by atoms with Crippen LogP contribution in [-0.4, -0.2) is 25.9 Å². The van der Waals surface area contributed by atoms with E-state index in [-0.39, 0.29) is 6.09 Å². The van der Waals surface area contributed by atoms with Crippen molar-refractivity contribution in [1.82, 2.24) is 0 Å². The molecule has 0 N–H and O–H groups in total. The van der Waals surface area contributed by atoms with E-state index in [2.05, 4.69) is 15.9 Å². The summed E-state index contributed by atoms with van der Waals surface area (Å²) in [6, 6.07) is 5.56. The Balaban J connectivity index is 2.27. The first-order valence-electron chi connectivity index (χ1n) is 5.09. The van der Waals surface area contributed by atoms with Crippen LogP contribution < -0.4 is 9.64 Å². The molecule has 1 amide bonds. The molecule has 1 aromatic rings. The molecule has 1 fully saturated rings. The van der Waals surface area contributed by atoms with E-state index in [1.807, 2.05) is 25.1 Å². The van der Waals surface area contributed by atoms with Gasteiger partial charge in [0, 0.05) is 6.07 Å². The van der Waals surface area contributed by atoms with Crippen LogP contribution in [0.1, 0.15) is 6.92 Å². The van der Waals surface area contributed by atoms with E-state index in [0.29, 0.717) is 19.8 Å². The summed E-state index contributed by atoms with van der Waals surface area (Å²) < 4.78 is 11.2. The van der Waals surface area contributed by atoms with Crippen LogP contribution in [0, 0.1) is 0 Å². The van der Waals surface area contributed by atoms with Gasteiger partial charge >= 0.3 is 6.09 Å². The normalized spacial score (nSPS) is 15.1. The number of benzene rings is 1. The molecular weight excluding hydrogens is 274 g/mol. The van der Waals surface area contributed by atoms with Gasteiger partial charge in [0.05, 0.1) is 23.3 Å². The predicted molar refractivity (Wildman–Crippen MR) is 64.0 cm³/mol. The van der Waals surface area contributed by atoms with Crippen LogP contribution in [0.5, 0.6) is 5.75 Å². The molecule has 86 valence electrons. The maximum atomic E-state index is 11.4. The van der Waals surface area contributed by atoms with Crippen molar-refractivity contribution in [2.45, 2.75) is 6.92 Å². The van der Waals surface area contributed by atoms with Crippen molar-refractivity contribution in [2.75, 3.05) is 24.7 Å². The van der Waals surface area contributed by atoms with Crippen LogP contribution >= 0.6 is 15.9 Å². The van der Waals surface area contributed by atoms with Gasteiger partial charge in [-0.3, -0.25) is 4.90 Å². The third-order valence-corrected chi connectivity index (χ3v) is 2.94. The van der Waals surface area contributed by atoms with E-state index in [4.69, 9.17) is 9.47 Å². The Morgan fingerprint density at radius 3 is 3.00 bits per heavy atom. The van der Waals surface area contributed by atoms with Crippen molar-refractivity contribution in [2.24, 2.45) is 0 Å². The number of carbonyl (C=O) groups is 1. The number of halogens is 1. The lowest BCUT2D eigenvalue weighted by Crippen LogP contribution is -2.23. The van der Waals surface area contributed by atoms with Gasteiger partial charge in [0.1, 0.15) is 12.4 Å². The van der Waals surface area contributed by atoms with E-state index in [0.717, 1.165) is 15.9 Å². The smallest absolute Gasteiger partial charge is 0.414 e. The summed E-state index contributed by atoms with van der Waals surface area (Å²) in [6.07, 6.45) is -0.301. The molecule has 0 saturated carbocycles. The van der Waals surface area contributed by atoms with Crippen molar-refractivity contribution >= 4 is 27.7 Å². The van der Waals surface area contributed by atoms with E-state index in [1.54, 1.807) is 4.90 Å². The van der Waals surface area contributed by atoms with Crippen molar-refractivity contribution in [3.05, 3.63) is 22.7 Å².